The Bertz CT molecular complexity index is 137. The van der Waals surface area contributed by atoms with Crippen molar-refractivity contribution in [1.29, 1.82) is 0 Å². The van der Waals surface area contributed by atoms with Gasteiger partial charge < -0.3 is 16.9 Å². The third-order valence-corrected chi connectivity index (χ3v) is 0.566. The number of quaternary nitrogens is 1. The summed E-state index contributed by atoms with van der Waals surface area (Å²) < 4.78 is 1.00. The second-order valence-corrected chi connectivity index (χ2v) is 3.71. The largest absolute Gasteiger partial charge is 1.00 e. The zero-order chi connectivity index (χ0) is 8.74. The lowest BCUT2D eigenvalue weighted by Crippen LogP contribution is -3.00. The van der Waals surface area contributed by atoms with E-state index < -0.39 is 0 Å². The first-order valence-electron chi connectivity index (χ1n) is 3.64. The molecule has 0 radical (unpaired) electrons. The van der Waals surface area contributed by atoms with Crippen molar-refractivity contribution >= 4 is 0 Å². The van der Waals surface area contributed by atoms with Crippen LogP contribution in [-0.4, -0.2) is 37.7 Å². The molecule has 1 heterocycles. The van der Waals surface area contributed by atoms with Crippen LogP contribution in [0.3, 0.4) is 0 Å². The molecule has 1 aromatic heterocycles. The number of halogens is 1. The first-order chi connectivity index (χ1) is 5.00. The Hall–Kier alpha value is -0.600. The van der Waals surface area contributed by atoms with E-state index in [4.69, 9.17) is 0 Å². The second-order valence-electron chi connectivity index (χ2n) is 3.71. The highest BCUT2D eigenvalue weighted by molar-refractivity contribution is 4.88. The number of aromatic nitrogens is 1. The molecule has 1 rings (SSSR count). The molecule has 12 heavy (non-hydrogen) atoms. The predicted octanol–water partition coefficient (Wildman–Crippen LogP) is -1.59. The Morgan fingerprint density at radius 1 is 0.833 bits per heavy atom. The summed E-state index contributed by atoms with van der Waals surface area (Å²) in [6.45, 7) is 0. The van der Waals surface area contributed by atoms with Crippen LogP contribution in [0.4, 0.5) is 0 Å². The molecule has 0 N–H and O–H groups in total. The summed E-state index contributed by atoms with van der Waals surface area (Å²) in [5, 5.41) is 0. The standard InChI is InChI=1S/C5H5N.C4H12N.ClH/c1-2-4-6-5-3-1;1-5(2,3)4;/h1-5H;1-4H3;1H/q;+1;/p-1. The average Bonchev–Trinajstić information content (AvgIpc) is 1.88. The fourth-order valence-corrected chi connectivity index (χ4v) is 0.313. The topological polar surface area (TPSA) is 12.9 Å². The van der Waals surface area contributed by atoms with Gasteiger partial charge in [-0.3, -0.25) is 4.98 Å². The maximum Gasteiger partial charge on any atom is 0.0675 e. The van der Waals surface area contributed by atoms with Crippen LogP contribution in [0, 0.1) is 0 Å². The molecule has 0 saturated heterocycles. The highest BCUT2D eigenvalue weighted by Gasteiger charge is 1.88. The predicted molar refractivity (Wildman–Crippen MR) is 48.2 cm³/mol. The molecule has 0 amide bonds. The molecule has 1 aromatic rings. The van der Waals surface area contributed by atoms with E-state index in [9.17, 15) is 0 Å². The van der Waals surface area contributed by atoms with E-state index in [1.165, 1.54) is 0 Å². The van der Waals surface area contributed by atoms with Gasteiger partial charge in [-0.15, -0.1) is 0 Å². The lowest BCUT2D eigenvalue weighted by molar-refractivity contribution is -0.849. The van der Waals surface area contributed by atoms with Crippen molar-refractivity contribution in [2.75, 3.05) is 28.2 Å². The molecule has 3 heteroatoms. The number of pyridine rings is 1. The van der Waals surface area contributed by atoms with Crippen LogP contribution in [0.5, 0.6) is 0 Å². The molecule has 0 saturated carbocycles. The van der Waals surface area contributed by atoms with Crippen LogP contribution in [0.2, 0.25) is 0 Å². The fourth-order valence-electron chi connectivity index (χ4n) is 0.313. The van der Waals surface area contributed by atoms with Gasteiger partial charge in [0.25, 0.3) is 0 Å². The van der Waals surface area contributed by atoms with Gasteiger partial charge in [0, 0.05) is 12.4 Å². The summed E-state index contributed by atoms with van der Waals surface area (Å²) in [6.07, 6.45) is 3.50. The second kappa shape index (κ2) is 7.07. The maximum atomic E-state index is 3.78. The summed E-state index contributed by atoms with van der Waals surface area (Å²) in [5.74, 6) is 0. The smallest absolute Gasteiger partial charge is 0.0675 e. The van der Waals surface area contributed by atoms with Gasteiger partial charge in [-0.05, 0) is 12.1 Å². The van der Waals surface area contributed by atoms with E-state index >= 15 is 0 Å². The van der Waals surface area contributed by atoms with Gasteiger partial charge >= 0.3 is 0 Å². The van der Waals surface area contributed by atoms with Crippen LogP contribution >= 0.6 is 0 Å². The van der Waals surface area contributed by atoms with Crippen molar-refractivity contribution < 1.29 is 16.9 Å². The molecule has 0 bridgehead atoms. The maximum absolute atomic E-state index is 3.78. The molecule has 0 unspecified atom stereocenters. The molecule has 0 aromatic carbocycles. The van der Waals surface area contributed by atoms with E-state index in [-0.39, 0.29) is 12.4 Å². The molecule has 0 fully saturated rings. The number of hydrogen-bond donors (Lipinski definition) is 0. The van der Waals surface area contributed by atoms with E-state index in [2.05, 4.69) is 33.2 Å². The molecule has 0 spiro atoms. The molecule has 0 aliphatic rings. The zero-order valence-electron chi connectivity index (χ0n) is 8.16. The Balaban J connectivity index is 0. The molecule has 0 atom stereocenters. The highest BCUT2D eigenvalue weighted by Crippen LogP contribution is 1.74. The molecule has 0 aliphatic heterocycles. The quantitative estimate of drug-likeness (QED) is 0.448. The Morgan fingerprint density at radius 3 is 1.25 bits per heavy atom. The SMILES string of the molecule is C[N+](C)(C)C.[Cl-].c1ccncc1. The van der Waals surface area contributed by atoms with Crippen LogP contribution < -0.4 is 12.4 Å². The van der Waals surface area contributed by atoms with Gasteiger partial charge in [0.2, 0.25) is 0 Å². The first kappa shape index (κ1) is 14.0. The van der Waals surface area contributed by atoms with Crippen LogP contribution in [-0.2, 0) is 0 Å². The third kappa shape index (κ3) is 22.7. The van der Waals surface area contributed by atoms with Gasteiger partial charge in [0.15, 0.2) is 0 Å². The molecular formula is C9H17ClN2. The monoisotopic (exact) mass is 188 g/mol. The Morgan fingerprint density at radius 2 is 1.17 bits per heavy atom. The summed E-state index contributed by atoms with van der Waals surface area (Å²) in [7, 11) is 8.50. The summed E-state index contributed by atoms with van der Waals surface area (Å²) in [5.41, 5.74) is 0. The summed E-state index contributed by atoms with van der Waals surface area (Å²) in [6, 6.07) is 5.72. The summed E-state index contributed by atoms with van der Waals surface area (Å²) >= 11 is 0. The van der Waals surface area contributed by atoms with Gasteiger partial charge in [-0.2, -0.15) is 0 Å². The third-order valence-electron chi connectivity index (χ3n) is 0.566. The Kier molecular flexibility index (Phi) is 8.22. The number of hydrogen-bond acceptors (Lipinski definition) is 1. The van der Waals surface area contributed by atoms with Crippen molar-refractivity contribution in [2.45, 2.75) is 0 Å². The minimum Gasteiger partial charge on any atom is -1.00 e. The molecule has 0 aliphatic carbocycles. The summed E-state index contributed by atoms with van der Waals surface area (Å²) in [4.78, 5) is 3.78. The lowest BCUT2D eigenvalue weighted by Gasteiger charge is -2.14. The molecule has 70 valence electrons. The van der Waals surface area contributed by atoms with E-state index in [0.29, 0.717) is 0 Å². The van der Waals surface area contributed by atoms with Crippen molar-refractivity contribution in [3.05, 3.63) is 30.6 Å². The Labute approximate surface area is 81.2 Å². The van der Waals surface area contributed by atoms with Gasteiger partial charge in [0.1, 0.15) is 0 Å². The minimum absolute atomic E-state index is 0. The van der Waals surface area contributed by atoms with Gasteiger partial charge in [-0.25, -0.2) is 0 Å². The minimum atomic E-state index is 0. The van der Waals surface area contributed by atoms with Crippen molar-refractivity contribution in [1.82, 2.24) is 4.98 Å². The van der Waals surface area contributed by atoms with E-state index in [0.717, 1.165) is 4.48 Å². The zero-order valence-corrected chi connectivity index (χ0v) is 8.92. The molecule has 2 nitrogen and oxygen atoms in total. The van der Waals surface area contributed by atoms with Crippen LogP contribution in [0.15, 0.2) is 30.6 Å². The lowest BCUT2D eigenvalue weighted by atomic mass is 10.5. The van der Waals surface area contributed by atoms with E-state index in [1.54, 1.807) is 12.4 Å². The van der Waals surface area contributed by atoms with Gasteiger partial charge in [-0.1, -0.05) is 6.07 Å². The van der Waals surface area contributed by atoms with E-state index in [1.807, 2.05) is 18.2 Å². The van der Waals surface area contributed by atoms with Crippen molar-refractivity contribution in [3.8, 4) is 0 Å². The van der Waals surface area contributed by atoms with Crippen molar-refractivity contribution in [2.24, 2.45) is 0 Å². The van der Waals surface area contributed by atoms with Crippen LogP contribution in [0.1, 0.15) is 0 Å². The van der Waals surface area contributed by atoms with Gasteiger partial charge in [0.05, 0.1) is 28.2 Å². The number of rotatable bonds is 0. The first-order valence-corrected chi connectivity index (χ1v) is 3.64. The fraction of sp³-hybridized carbons (Fsp3) is 0.444. The average molecular weight is 189 g/mol. The number of nitrogens with zero attached hydrogens (tertiary/aromatic N) is 2. The van der Waals surface area contributed by atoms with Crippen molar-refractivity contribution in [3.63, 3.8) is 0 Å². The van der Waals surface area contributed by atoms with Crippen LogP contribution in [0.25, 0.3) is 0 Å². The highest BCUT2D eigenvalue weighted by atomic mass is 35.5. The molecular weight excluding hydrogens is 172 g/mol. The normalized spacial score (nSPS) is 9.00.